The van der Waals surface area contributed by atoms with Gasteiger partial charge < -0.3 is 10.6 Å². The lowest BCUT2D eigenvalue weighted by atomic mass is 10.1. The topological polar surface area (TPSA) is 74.8 Å². The Bertz CT molecular complexity index is 530. The van der Waals surface area contributed by atoms with Gasteiger partial charge >= 0.3 is 6.03 Å². The van der Waals surface area contributed by atoms with Crippen molar-refractivity contribution in [2.24, 2.45) is 0 Å². The Kier molecular flexibility index (Phi) is 6.21. The molecule has 5 nitrogen and oxygen atoms in total. The average molecular weight is 325 g/mol. The Balaban J connectivity index is 1.71. The van der Waals surface area contributed by atoms with Crippen LogP contribution in [0.5, 0.6) is 0 Å². The predicted octanol–water partition coefficient (Wildman–Crippen LogP) is 1.73. The number of quaternary nitrogens is 1. The predicted molar refractivity (Wildman–Crippen MR) is 85.6 cm³/mol. The van der Waals surface area contributed by atoms with Gasteiger partial charge in [0.05, 0.1) is 0 Å². The van der Waals surface area contributed by atoms with Crippen molar-refractivity contribution in [3.8, 4) is 0 Å². The van der Waals surface area contributed by atoms with Crippen LogP contribution in [-0.2, 0) is 4.79 Å². The number of amides is 3. The number of nitrogens with one attached hydrogen (secondary N) is 2. The third-order valence-corrected chi connectivity index (χ3v) is 4.21. The number of carbonyl (C=O) groups excluding carboxylic acids is 2. The van der Waals surface area contributed by atoms with Gasteiger partial charge in [-0.2, -0.15) is 0 Å². The number of hydrogen-bond acceptors (Lipinski definition) is 2. The molecule has 0 radical (unpaired) electrons. The van der Waals surface area contributed by atoms with Gasteiger partial charge in [-0.25, -0.2) is 4.79 Å². The lowest BCUT2D eigenvalue weighted by Gasteiger charge is -2.13. The number of nitrogens with two attached hydrogens (primary N) is 1. The molecule has 3 amide bonds. The summed E-state index contributed by atoms with van der Waals surface area (Å²) in [5.41, 5.74) is 1.05. The SMILES string of the molecule is C[C@@H]([NH2+]CC(=O)NC(=O)NC1CCCC1)c1cccc(Cl)c1. The van der Waals surface area contributed by atoms with E-state index in [4.69, 9.17) is 11.6 Å². The molecule has 0 heterocycles. The highest BCUT2D eigenvalue weighted by Crippen LogP contribution is 2.17. The van der Waals surface area contributed by atoms with Gasteiger partial charge in [0.2, 0.25) is 0 Å². The first kappa shape index (κ1) is 16.8. The van der Waals surface area contributed by atoms with E-state index in [1.165, 1.54) is 0 Å². The van der Waals surface area contributed by atoms with Crippen molar-refractivity contribution >= 4 is 23.5 Å². The zero-order chi connectivity index (χ0) is 15.9. The van der Waals surface area contributed by atoms with Gasteiger partial charge in [0.15, 0.2) is 6.54 Å². The molecule has 1 aromatic carbocycles. The first-order valence-electron chi connectivity index (χ1n) is 7.73. The fourth-order valence-electron chi connectivity index (χ4n) is 2.68. The maximum absolute atomic E-state index is 11.8. The van der Waals surface area contributed by atoms with E-state index >= 15 is 0 Å². The molecule has 22 heavy (non-hydrogen) atoms. The quantitative estimate of drug-likeness (QED) is 0.771. The van der Waals surface area contributed by atoms with E-state index in [-0.39, 0.29) is 30.6 Å². The Labute approximate surface area is 135 Å². The van der Waals surface area contributed by atoms with Crippen LogP contribution >= 0.6 is 11.6 Å². The summed E-state index contributed by atoms with van der Waals surface area (Å²) >= 11 is 5.96. The summed E-state index contributed by atoms with van der Waals surface area (Å²) in [7, 11) is 0. The Morgan fingerprint density at radius 2 is 2.09 bits per heavy atom. The highest BCUT2D eigenvalue weighted by molar-refractivity contribution is 6.30. The van der Waals surface area contributed by atoms with E-state index in [1.54, 1.807) is 0 Å². The highest BCUT2D eigenvalue weighted by atomic mass is 35.5. The van der Waals surface area contributed by atoms with Crippen molar-refractivity contribution < 1.29 is 14.9 Å². The summed E-state index contributed by atoms with van der Waals surface area (Å²) in [6.45, 7) is 2.20. The van der Waals surface area contributed by atoms with Crippen molar-refractivity contribution in [1.82, 2.24) is 10.6 Å². The van der Waals surface area contributed by atoms with E-state index in [0.29, 0.717) is 5.02 Å². The molecular formula is C16H23ClN3O2+. The Morgan fingerprint density at radius 3 is 2.77 bits per heavy atom. The van der Waals surface area contributed by atoms with Crippen LogP contribution in [0.3, 0.4) is 0 Å². The summed E-state index contributed by atoms with van der Waals surface area (Å²) in [4.78, 5) is 23.5. The lowest BCUT2D eigenvalue weighted by Crippen LogP contribution is -2.87. The standard InChI is InChI=1S/C16H22ClN3O2/c1-11(12-5-4-6-13(17)9-12)18-10-15(21)20-16(22)19-14-7-2-3-8-14/h4-6,9,11,14,18H,2-3,7-8,10H2,1H3,(H2,19,20,21,22)/p+1/t11-/m1/s1. The zero-order valence-corrected chi connectivity index (χ0v) is 13.5. The van der Waals surface area contributed by atoms with E-state index < -0.39 is 0 Å². The summed E-state index contributed by atoms with van der Waals surface area (Å²) in [5, 5.41) is 7.77. The van der Waals surface area contributed by atoms with Gasteiger partial charge in [0.1, 0.15) is 6.04 Å². The van der Waals surface area contributed by atoms with Gasteiger partial charge in [-0.05, 0) is 31.9 Å². The van der Waals surface area contributed by atoms with E-state index in [9.17, 15) is 9.59 Å². The second-order valence-corrected chi connectivity index (χ2v) is 6.22. The molecule has 0 spiro atoms. The van der Waals surface area contributed by atoms with Gasteiger partial charge in [-0.1, -0.05) is 36.6 Å². The molecule has 0 unspecified atom stereocenters. The number of imide groups is 1. The van der Waals surface area contributed by atoms with Gasteiger partial charge in [0.25, 0.3) is 5.91 Å². The third kappa shape index (κ3) is 5.31. The maximum Gasteiger partial charge on any atom is 0.321 e. The highest BCUT2D eigenvalue weighted by Gasteiger charge is 2.19. The molecule has 1 aliphatic carbocycles. The van der Waals surface area contributed by atoms with Gasteiger partial charge in [-0.15, -0.1) is 0 Å². The number of urea groups is 1. The van der Waals surface area contributed by atoms with Crippen molar-refractivity contribution in [2.45, 2.75) is 44.7 Å². The molecule has 4 N–H and O–H groups in total. The number of carbonyl (C=O) groups is 2. The Morgan fingerprint density at radius 1 is 1.36 bits per heavy atom. The van der Waals surface area contributed by atoms with E-state index in [1.807, 2.05) is 36.5 Å². The molecule has 0 bridgehead atoms. The third-order valence-electron chi connectivity index (χ3n) is 3.97. The second kappa shape index (κ2) is 8.15. The molecule has 1 aromatic rings. The van der Waals surface area contributed by atoms with Crippen LogP contribution in [0.25, 0.3) is 0 Å². The first-order valence-corrected chi connectivity index (χ1v) is 8.11. The number of hydrogen-bond donors (Lipinski definition) is 3. The molecule has 1 fully saturated rings. The summed E-state index contributed by atoms with van der Waals surface area (Å²) in [5.74, 6) is -0.288. The van der Waals surface area contributed by atoms with Crippen LogP contribution in [0.2, 0.25) is 5.02 Å². The van der Waals surface area contributed by atoms with Gasteiger partial charge in [0, 0.05) is 16.6 Å². The molecule has 0 aliphatic heterocycles. The van der Waals surface area contributed by atoms with Crippen molar-refractivity contribution in [3.05, 3.63) is 34.9 Å². The van der Waals surface area contributed by atoms with Crippen LogP contribution in [0.4, 0.5) is 4.79 Å². The Hall–Kier alpha value is -1.59. The minimum absolute atomic E-state index is 0.0994. The van der Waals surface area contributed by atoms with E-state index in [0.717, 1.165) is 31.2 Å². The number of rotatable bonds is 5. The minimum Gasteiger partial charge on any atom is -0.335 e. The molecular weight excluding hydrogens is 302 g/mol. The van der Waals surface area contributed by atoms with Crippen LogP contribution in [0.15, 0.2) is 24.3 Å². The van der Waals surface area contributed by atoms with Crippen molar-refractivity contribution in [3.63, 3.8) is 0 Å². The molecule has 1 aliphatic rings. The van der Waals surface area contributed by atoms with Crippen LogP contribution in [0, 0.1) is 0 Å². The number of benzene rings is 1. The van der Waals surface area contributed by atoms with Crippen LogP contribution < -0.4 is 16.0 Å². The molecule has 120 valence electrons. The number of halogens is 1. The fraction of sp³-hybridized carbons (Fsp3) is 0.500. The average Bonchev–Trinajstić information content (AvgIpc) is 2.97. The van der Waals surface area contributed by atoms with Gasteiger partial charge in [-0.3, -0.25) is 10.1 Å². The normalized spacial score (nSPS) is 16.3. The molecule has 0 saturated heterocycles. The lowest BCUT2D eigenvalue weighted by molar-refractivity contribution is -0.682. The monoisotopic (exact) mass is 324 g/mol. The largest absolute Gasteiger partial charge is 0.335 e. The van der Waals surface area contributed by atoms with Crippen molar-refractivity contribution in [1.29, 1.82) is 0 Å². The smallest absolute Gasteiger partial charge is 0.321 e. The molecule has 1 saturated carbocycles. The summed E-state index contributed by atoms with van der Waals surface area (Å²) < 4.78 is 0. The second-order valence-electron chi connectivity index (χ2n) is 5.79. The summed E-state index contributed by atoms with van der Waals surface area (Å²) in [6.07, 6.45) is 4.28. The molecule has 2 rings (SSSR count). The van der Waals surface area contributed by atoms with Crippen LogP contribution in [-0.4, -0.2) is 24.5 Å². The summed E-state index contributed by atoms with van der Waals surface area (Å²) in [6, 6.07) is 7.48. The van der Waals surface area contributed by atoms with Crippen molar-refractivity contribution in [2.75, 3.05) is 6.54 Å². The first-order chi connectivity index (χ1) is 10.5. The minimum atomic E-state index is -0.388. The molecule has 1 atom stereocenters. The van der Waals surface area contributed by atoms with E-state index in [2.05, 4.69) is 10.6 Å². The maximum atomic E-state index is 11.8. The molecule has 6 heteroatoms. The fourth-order valence-corrected chi connectivity index (χ4v) is 2.88. The molecule has 0 aromatic heterocycles. The zero-order valence-electron chi connectivity index (χ0n) is 12.8. The van der Waals surface area contributed by atoms with Crippen LogP contribution in [0.1, 0.15) is 44.2 Å².